The summed E-state index contributed by atoms with van der Waals surface area (Å²) in [6.07, 6.45) is 3.04. The summed E-state index contributed by atoms with van der Waals surface area (Å²) < 4.78 is 0. The molecule has 2 N–H and O–H groups in total. The van der Waals surface area contributed by atoms with Gasteiger partial charge in [-0.15, -0.1) is 0 Å². The molecule has 1 fully saturated rings. The first kappa shape index (κ1) is 13.5. The predicted octanol–water partition coefficient (Wildman–Crippen LogP) is 1.12. The minimum atomic E-state index is -0.684. The van der Waals surface area contributed by atoms with Gasteiger partial charge in [-0.05, 0) is 19.8 Å². The summed E-state index contributed by atoms with van der Waals surface area (Å²) in [6.45, 7) is 1.59. The first-order chi connectivity index (χ1) is 8.99. The number of rotatable bonds is 5. The van der Waals surface area contributed by atoms with Crippen LogP contribution in [-0.4, -0.2) is 32.9 Å². The fourth-order valence-corrected chi connectivity index (χ4v) is 1.65. The van der Waals surface area contributed by atoms with E-state index in [9.17, 15) is 14.9 Å². The van der Waals surface area contributed by atoms with E-state index in [4.69, 9.17) is 11.6 Å². The molecule has 1 atom stereocenters. The molecular weight excluding hydrogens is 274 g/mol. The highest BCUT2D eigenvalue weighted by Gasteiger charge is 2.28. The number of anilines is 1. The monoisotopic (exact) mass is 285 g/mol. The number of nitrogens with zero attached hydrogens (tertiary/aromatic N) is 3. The lowest BCUT2D eigenvalue weighted by Crippen LogP contribution is -2.39. The lowest BCUT2D eigenvalue weighted by molar-refractivity contribution is -0.384. The van der Waals surface area contributed by atoms with Gasteiger partial charge in [0.2, 0.25) is 16.9 Å². The minimum absolute atomic E-state index is 0.0663. The third-order valence-corrected chi connectivity index (χ3v) is 2.91. The van der Waals surface area contributed by atoms with Crippen molar-refractivity contribution in [3.05, 3.63) is 21.6 Å². The van der Waals surface area contributed by atoms with Gasteiger partial charge in [0.05, 0.1) is 4.92 Å². The Morgan fingerprint density at radius 1 is 1.58 bits per heavy atom. The second-order valence-corrected chi connectivity index (χ2v) is 4.63. The number of aromatic nitrogens is 2. The SMILES string of the molecule is CC(Nc1ncnc(Cl)c1[N+](=O)[O-])C(=O)NC1CC1. The molecule has 1 aliphatic rings. The molecule has 1 aromatic rings. The molecule has 1 aliphatic carbocycles. The predicted molar refractivity (Wildman–Crippen MR) is 67.9 cm³/mol. The van der Waals surface area contributed by atoms with Crippen molar-refractivity contribution >= 4 is 29.0 Å². The molecule has 1 aromatic heterocycles. The van der Waals surface area contributed by atoms with Crippen LogP contribution in [0.2, 0.25) is 5.15 Å². The van der Waals surface area contributed by atoms with E-state index in [2.05, 4.69) is 20.6 Å². The molecule has 8 nitrogen and oxygen atoms in total. The summed E-state index contributed by atoms with van der Waals surface area (Å²) >= 11 is 5.65. The van der Waals surface area contributed by atoms with E-state index in [-0.39, 0.29) is 22.9 Å². The highest BCUT2D eigenvalue weighted by molar-refractivity contribution is 6.31. The second-order valence-electron chi connectivity index (χ2n) is 4.27. The first-order valence-electron chi connectivity index (χ1n) is 5.71. The molecule has 1 saturated carbocycles. The Morgan fingerprint density at radius 3 is 2.84 bits per heavy atom. The molecule has 0 aromatic carbocycles. The van der Waals surface area contributed by atoms with Gasteiger partial charge in [-0.2, -0.15) is 0 Å². The van der Waals surface area contributed by atoms with Gasteiger partial charge in [-0.25, -0.2) is 9.97 Å². The zero-order valence-corrected chi connectivity index (χ0v) is 10.8. The van der Waals surface area contributed by atoms with Crippen molar-refractivity contribution in [2.24, 2.45) is 0 Å². The van der Waals surface area contributed by atoms with Gasteiger partial charge in [0.1, 0.15) is 12.4 Å². The van der Waals surface area contributed by atoms with Crippen LogP contribution in [-0.2, 0) is 4.79 Å². The molecule has 9 heteroatoms. The van der Waals surface area contributed by atoms with Crippen LogP contribution < -0.4 is 10.6 Å². The van der Waals surface area contributed by atoms with E-state index in [1.807, 2.05) is 0 Å². The standard InChI is InChI=1S/C10H12ClN5O3/c1-5(10(17)15-6-2-3-6)14-9-7(16(18)19)8(11)12-4-13-9/h4-6H,2-3H2,1H3,(H,15,17)(H,12,13,14). The molecule has 102 valence electrons. The number of amides is 1. The first-order valence-corrected chi connectivity index (χ1v) is 6.08. The maximum Gasteiger partial charge on any atom is 0.348 e. The maximum atomic E-state index is 11.7. The maximum absolute atomic E-state index is 11.7. The Morgan fingerprint density at radius 2 is 2.26 bits per heavy atom. The van der Waals surface area contributed by atoms with Gasteiger partial charge >= 0.3 is 5.69 Å². The lowest BCUT2D eigenvalue weighted by atomic mass is 10.3. The number of nitro groups is 1. The molecular formula is C10H12ClN5O3. The lowest BCUT2D eigenvalue weighted by Gasteiger charge is -2.14. The highest BCUT2D eigenvalue weighted by atomic mass is 35.5. The summed E-state index contributed by atoms with van der Waals surface area (Å²) in [5, 5.41) is 16.1. The summed E-state index contributed by atoms with van der Waals surface area (Å²) in [7, 11) is 0. The van der Waals surface area contributed by atoms with Crippen molar-refractivity contribution in [3.63, 3.8) is 0 Å². The van der Waals surface area contributed by atoms with E-state index in [1.165, 1.54) is 0 Å². The number of carbonyl (C=O) groups excluding carboxylic acids is 1. The van der Waals surface area contributed by atoms with E-state index in [0.717, 1.165) is 19.2 Å². The third kappa shape index (κ3) is 3.28. The average molecular weight is 286 g/mol. The molecule has 0 aliphatic heterocycles. The summed E-state index contributed by atoms with van der Waals surface area (Å²) in [5.74, 6) is -0.296. The number of carbonyl (C=O) groups is 1. The van der Waals surface area contributed by atoms with Gasteiger partial charge in [-0.3, -0.25) is 14.9 Å². The van der Waals surface area contributed by atoms with Crippen molar-refractivity contribution in [3.8, 4) is 0 Å². The molecule has 1 unspecified atom stereocenters. The number of nitrogens with one attached hydrogen (secondary N) is 2. The normalized spacial score (nSPS) is 15.7. The van der Waals surface area contributed by atoms with Gasteiger partial charge < -0.3 is 10.6 Å². The Kier molecular flexibility index (Phi) is 3.79. The Hall–Kier alpha value is -1.96. The van der Waals surface area contributed by atoms with Gasteiger partial charge in [-0.1, -0.05) is 11.6 Å². The Bertz CT molecular complexity index is 520. The van der Waals surface area contributed by atoms with Gasteiger partial charge in [0.25, 0.3) is 0 Å². The van der Waals surface area contributed by atoms with Crippen molar-refractivity contribution in [2.75, 3.05) is 5.32 Å². The molecule has 0 bridgehead atoms. The van der Waals surface area contributed by atoms with Crippen molar-refractivity contribution < 1.29 is 9.72 Å². The summed E-state index contributed by atoms with van der Waals surface area (Å²) in [5.41, 5.74) is -0.435. The van der Waals surface area contributed by atoms with Gasteiger partial charge in [0, 0.05) is 6.04 Å². The van der Waals surface area contributed by atoms with E-state index >= 15 is 0 Å². The number of hydrogen-bond acceptors (Lipinski definition) is 6. The van der Waals surface area contributed by atoms with Crippen molar-refractivity contribution in [1.82, 2.24) is 15.3 Å². The van der Waals surface area contributed by atoms with Crippen LogP contribution in [0.5, 0.6) is 0 Å². The van der Waals surface area contributed by atoms with Crippen LogP contribution in [0.1, 0.15) is 19.8 Å². The zero-order chi connectivity index (χ0) is 14.0. The summed E-state index contributed by atoms with van der Waals surface area (Å²) in [4.78, 5) is 29.2. The average Bonchev–Trinajstić information content (AvgIpc) is 3.12. The van der Waals surface area contributed by atoms with Crippen LogP contribution in [0.3, 0.4) is 0 Å². The van der Waals surface area contributed by atoms with Crippen molar-refractivity contribution in [2.45, 2.75) is 31.8 Å². The quantitative estimate of drug-likeness (QED) is 0.476. The molecule has 0 spiro atoms. The van der Waals surface area contributed by atoms with E-state index in [0.29, 0.717) is 0 Å². The summed E-state index contributed by atoms with van der Waals surface area (Å²) in [6, 6.07) is -0.425. The zero-order valence-electron chi connectivity index (χ0n) is 10.1. The fraction of sp³-hybridized carbons (Fsp3) is 0.500. The molecule has 19 heavy (non-hydrogen) atoms. The number of hydrogen-bond donors (Lipinski definition) is 2. The second kappa shape index (κ2) is 5.35. The Balaban J connectivity index is 2.11. The van der Waals surface area contributed by atoms with Crippen LogP contribution in [0.4, 0.5) is 11.5 Å². The third-order valence-electron chi connectivity index (χ3n) is 2.63. The molecule has 0 saturated heterocycles. The van der Waals surface area contributed by atoms with E-state index in [1.54, 1.807) is 6.92 Å². The van der Waals surface area contributed by atoms with Crippen LogP contribution >= 0.6 is 11.6 Å². The topological polar surface area (TPSA) is 110 Å². The smallest absolute Gasteiger partial charge is 0.348 e. The van der Waals surface area contributed by atoms with Crippen LogP contribution in [0, 0.1) is 10.1 Å². The van der Waals surface area contributed by atoms with Gasteiger partial charge in [0.15, 0.2) is 0 Å². The molecule has 1 amide bonds. The highest BCUT2D eigenvalue weighted by Crippen LogP contribution is 2.28. The largest absolute Gasteiger partial charge is 0.353 e. The Labute approximate surface area is 113 Å². The number of halogens is 1. The molecule has 1 heterocycles. The molecule has 0 radical (unpaired) electrons. The molecule has 2 rings (SSSR count). The minimum Gasteiger partial charge on any atom is -0.353 e. The van der Waals surface area contributed by atoms with E-state index < -0.39 is 16.7 Å². The fourth-order valence-electron chi connectivity index (χ4n) is 1.45. The van der Waals surface area contributed by atoms with Crippen molar-refractivity contribution in [1.29, 1.82) is 0 Å². The van der Waals surface area contributed by atoms with Crippen LogP contribution in [0.25, 0.3) is 0 Å². The van der Waals surface area contributed by atoms with Crippen LogP contribution in [0.15, 0.2) is 6.33 Å².